The van der Waals surface area contributed by atoms with E-state index in [9.17, 15) is 9.59 Å². The maximum Gasteiger partial charge on any atom is 0.309 e. The number of rotatable bonds is 5. The van der Waals surface area contributed by atoms with Gasteiger partial charge in [-0.25, -0.2) is 0 Å². The normalized spacial score (nSPS) is 15.7. The van der Waals surface area contributed by atoms with Crippen LogP contribution in [-0.2, 0) is 16.0 Å². The summed E-state index contributed by atoms with van der Waals surface area (Å²) in [7, 11) is 1.37. The Balaban J connectivity index is 1.65. The largest absolute Gasteiger partial charge is 0.490 e. The lowest BCUT2D eigenvalue weighted by Gasteiger charge is -2.25. The van der Waals surface area contributed by atoms with Gasteiger partial charge < -0.3 is 20.6 Å². The SMILES string of the molecule is COC(=O)CC1CCc2cc(NC(=O)c3ccc(C=NN)cc3)ccc2O1. The van der Waals surface area contributed by atoms with Gasteiger partial charge in [-0.15, -0.1) is 0 Å². The number of anilines is 1. The Kier molecular flexibility index (Phi) is 5.71. The maximum atomic E-state index is 12.4. The minimum Gasteiger partial charge on any atom is -0.490 e. The first-order chi connectivity index (χ1) is 13.1. The fourth-order valence-corrected chi connectivity index (χ4v) is 2.95. The van der Waals surface area contributed by atoms with Crippen LogP contribution < -0.4 is 15.9 Å². The topological polar surface area (TPSA) is 103 Å². The number of nitrogens with zero attached hydrogens (tertiary/aromatic N) is 1. The molecule has 0 fully saturated rings. The van der Waals surface area contributed by atoms with Gasteiger partial charge in [-0.05, 0) is 54.3 Å². The molecule has 0 saturated heterocycles. The van der Waals surface area contributed by atoms with Gasteiger partial charge in [-0.2, -0.15) is 5.10 Å². The zero-order valence-electron chi connectivity index (χ0n) is 15.0. The summed E-state index contributed by atoms with van der Waals surface area (Å²) in [5, 5.41) is 6.34. The van der Waals surface area contributed by atoms with Gasteiger partial charge in [-0.1, -0.05) is 12.1 Å². The van der Waals surface area contributed by atoms with E-state index in [0.29, 0.717) is 11.3 Å². The molecule has 0 bridgehead atoms. The Morgan fingerprint density at radius 2 is 2.07 bits per heavy atom. The van der Waals surface area contributed by atoms with Crippen LogP contribution in [0.1, 0.15) is 34.3 Å². The molecule has 7 nitrogen and oxygen atoms in total. The second-order valence-corrected chi connectivity index (χ2v) is 6.24. The van der Waals surface area contributed by atoms with E-state index in [4.69, 9.17) is 10.6 Å². The molecule has 140 valence electrons. The third kappa shape index (κ3) is 4.63. The second-order valence-electron chi connectivity index (χ2n) is 6.24. The number of methoxy groups -OCH3 is 1. The molecule has 1 aliphatic rings. The van der Waals surface area contributed by atoms with E-state index < -0.39 is 0 Å². The van der Waals surface area contributed by atoms with Crippen LogP contribution in [0.5, 0.6) is 5.75 Å². The van der Waals surface area contributed by atoms with Crippen molar-refractivity contribution in [1.82, 2.24) is 0 Å². The number of hydrogen-bond donors (Lipinski definition) is 2. The van der Waals surface area contributed by atoms with Gasteiger partial charge in [0.2, 0.25) is 0 Å². The fraction of sp³-hybridized carbons (Fsp3) is 0.250. The highest BCUT2D eigenvalue weighted by Crippen LogP contribution is 2.31. The molecule has 3 N–H and O–H groups in total. The molecule has 2 aromatic carbocycles. The molecule has 27 heavy (non-hydrogen) atoms. The van der Waals surface area contributed by atoms with Crippen molar-refractivity contribution >= 4 is 23.8 Å². The lowest BCUT2D eigenvalue weighted by Crippen LogP contribution is -2.26. The number of amides is 1. The van der Waals surface area contributed by atoms with Crippen molar-refractivity contribution in [3.05, 3.63) is 59.2 Å². The van der Waals surface area contributed by atoms with Gasteiger partial charge in [0, 0.05) is 11.3 Å². The molecular weight excluding hydrogens is 346 g/mol. The average Bonchev–Trinajstić information content (AvgIpc) is 2.68. The van der Waals surface area contributed by atoms with Crippen LogP contribution in [0.4, 0.5) is 5.69 Å². The van der Waals surface area contributed by atoms with E-state index >= 15 is 0 Å². The number of nitrogens with one attached hydrogen (secondary N) is 1. The third-order valence-electron chi connectivity index (χ3n) is 4.37. The molecule has 1 heterocycles. The highest BCUT2D eigenvalue weighted by Gasteiger charge is 2.23. The molecule has 0 aromatic heterocycles. The first-order valence-electron chi connectivity index (χ1n) is 8.60. The first-order valence-corrected chi connectivity index (χ1v) is 8.60. The van der Waals surface area contributed by atoms with Gasteiger partial charge in [0.1, 0.15) is 11.9 Å². The van der Waals surface area contributed by atoms with E-state index in [1.807, 2.05) is 12.1 Å². The molecule has 1 atom stereocenters. The van der Waals surface area contributed by atoms with E-state index in [0.717, 1.165) is 29.7 Å². The van der Waals surface area contributed by atoms with Gasteiger partial charge in [0.15, 0.2) is 0 Å². The average molecular weight is 367 g/mol. The van der Waals surface area contributed by atoms with Crippen molar-refractivity contribution < 1.29 is 19.1 Å². The Bertz CT molecular complexity index is 862. The highest BCUT2D eigenvalue weighted by atomic mass is 16.5. The van der Waals surface area contributed by atoms with Gasteiger partial charge in [0.25, 0.3) is 5.91 Å². The zero-order chi connectivity index (χ0) is 19.2. The van der Waals surface area contributed by atoms with E-state index in [-0.39, 0.29) is 24.4 Å². The minimum absolute atomic E-state index is 0.180. The number of ether oxygens (including phenoxy) is 2. The lowest BCUT2D eigenvalue weighted by atomic mass is 10.00. The summed E-state index contributed by atoms with van der Waals surface area (Å²) in [4.78, 5) is 23.8. The molecule has 1 unspecified atom stereocenters. The number of fused-ring (bicyclic) bond motifs is 1. The first kappa shape index (κ1) is 18.4. The summed E-state index contributed by atoms with van der Waals surface area (Å²) in [6.45, 7) is 0. The smallest absolute Gasteiger partial charge is 0.309 e. The minimum atomic E-state index is -0.281. The van der Waals surface area contributed by atoms with Crippen molar-refractivity contribution in [2.45, 2.75) is 25.4 Å². The maximum absolute atomic E-state index is 12.4. The standard InChI is InChI=1S/C20H21N3O4/c1-26-19(24)11-17-8-6-15-10-16(7-9-18(15)27-17)23-20(25)14-4-2-13(3-5-14)12-22-21/h2-5,7,9-10,12,17H,6,8,11,21H2,1H3,(H,23,25). The third-order valence-corrected chi connectivity index (χ3v) is 4.37. The second kappa shape index (κ2) is 8.35. The summed E-state index contributed by atoms with van der Waals surface area (Å²) >= 11 is 0. The van der Waals surface area contributed by atoms with Crippen LogP contribution >= 0.6 is 0 Å². The summed E-state index contributed by atoms with van der Waals surface area (Å²) in [5.74, 6) is 5.36. The highest BCUT2D eigenvalue weighted by molar-refractivity contribution is 6.04. The van der Waals surface area contributed by atoms with Crippen molar-refractivity contribution in [3.63, 3.8) is 0 Å². The molecular formula is C20H21N3O4. The number of hydrazone groups is 1. The molecule has 0 radical (unpaired) electrons. The summed E-state index contributed by atoms with van der Waals surface area (Å²) in [6.07, 6.45) is 3.07. The van der Waals surface area contributed by atoms with Crippen molar-refractivity contribution in [2.24, 2.45) is 10.9 Å². The van der Waals surface area contributed by atoms with Crippen LogP contribution in [-0.4, -0.2) is 31.3 Å². The Hall–Kier alpha value is -3.35. The van der Waals surface area contributed by atoms with Crippen LogP contribution in [0.25, 0.3) is 0 Å². The number of benzene rings is 2. The summed E-state index contributed by atoms with van der Waals surface area (Å²) in [6, 6.07) is 12.5. The predicted octanol–water partition coefficient (Wildman–Crippen LogP) is 2.49. The zero-order valence-corrected chi connectivity index (χ0v) is 15.0. The molecule has 0 saturated carbocycles. The molecule has 1 aliphatic heterocycles. The van der Waals surface area contributed by atoms with Gasteiger partial charge >= 0.3 is 5.97 Å². The van der Waals surface area contributed by atoms with Crippen molar-refractivity contribution in [2.75, 3.05) is 12.4 Å². The van der Waals surface area contributed by atoms with E-state index in [1.54, 1.807) is 30.3 Å². The number of carbonyl (C=O) groups is 2. The number of carbonyl (C=O) groups excluding carboxylic acids is 2. The van der Waals surface area contributed by atoms with Crippen molar-refractivity contribution in [3.8, 4) is 5.75 Å². The molecule has 1 amide bonds. The predicted molar refractivity (Wildman–Crippen MR) is 102 cm³/mol. The Morgan fingerprint density at radius 3 is 2.78 bits per heavy atom. The van der Waals surface area contributed by atoms with Crippen molar-refractivity contribution in [1.29, 1.82) is 0 Å². The van der Waals surface area contributed by atoms with Gasteiger partial charge in [-0.3, -0.25) is 9.59 Å². The summed E-state index contributed by atoms with van der Waals surface area (Å²) in [5.41, 5.74) is 3.06. The van der Waals surface area contributed by atoms with E-state index in [1.165, 1.54) is 13.3 Å². The van der Waals surface area contributed by atoms with Crippen LogP contribution in [0, 0.1) is 0 Å². The van der Waals surface area contributed by atoms with Crippen LogP contribution in [0.3, 0.4) is 0 Å². The number of esters is 1. The Labute approximate surface area is 157 Å². The van der Waals surface area contributed by atoms with Crippen LogP contribution in [0.15, 0.2) is 47.6 Å². The quantitative estimate of drug-likeness (QED) is 0.366. The number of aryl methyl sites for hydroxylation is 1. The molecule has 0 aliphatic carbocycles. The fourth-order valence-electron chi connectivity index (χ4n) is 2.95. The molecule has 0 spiro atoms. The number of hydrogen-bond acceptors (Lipinski definition) is 6. The number of nitrogens with two attached hydrogens (primary N) is 1. The Morgan fingerprint density at radius 1 is 1.30 bits per heavy atom. The molecule has 7 heteroatoms. The lowest BCUT2D eigenvalue weighted by molar-refractivity contribution is -0.142. The molecule has 2 aromatic rings. The van der Waals surface area contributed by atoms with E-state index in [2.05, 4.69) is 15.2 Å². The molecule has 3 rings (SSSR count). The van der Waals surface area contributed by atoms with Gasteiger partial charge in [0.05, 0.1) is 19.7 Å². The summed E-state index contributed by atoms with van der Waals surface area (Å²) < 4.78 is 10.5. The monoisotopic (exact) mass is 367 g/mol. The van der Waals surface area contributed by atoms with Crippen LogP contribution in [0.2, 0.25) is 0 Å².